The van der Waals surface area contributed by atoms with E-state index < -0.39 is 0 Å². The van der Waals surface area contributed by atoms with Crippen molar-refractivity contribution in [2.45, 2.75) is 19.9 Å². The van der Waals surface area contributed by atoms with Crippen molar-refractivity contribution in [2.75, 3.05) is 33.9 Å². The van der Waals surface area contributed by atoms with Gasteiger partial charge in [-0.2, -0.15) is 5.26 Å². The normalized spacial score (nSPS) is 10.4. The predicted octanol–water partition coefficient (Wildman–Crippen LogP) is 1.88. The molecular formula is C16H22N2O3. The highest BCUT2D eigenvalue weighted by molar-refractivity contribution is 5.69. The lowest BCUT2D eigenvalue weighted by Gasteiger charge is -2.22. The Morgan fingerprint density at radius 3 is 2.67 bits per heavy atom. The summed E-state index contributed by atoms with van der Waals surface area (Å²) in [6, 6.07) is 7.80. The summed E-state index contributed by atoms with van der Waals surface area (Å²) in [5.74, 6) is -0.214. The number of nitriles is 1. The van der Waals surface area contributed by atoms with Crippen molar-refractivity contribution >= 4 is 5.97 Å². The van der Waals surface area contributed by atoms with Crippen LogP contribution in [0.4, 0.5) is 0 Å². The molecule has 5 nitrogen and oxygen atoms in total. The topological polar surface area (TPSA) is 62.6 Å². The number of hydrogen-bond acceptors (Lipinski definition) is 5. The molecule has 0 heterocycles. The van der Waals surface area contributed by atoms with Gasteiger partial charge < -0.3 is 9.47 Å². The minimum Gasteiger partial charge on any atom is -0.469 e. The van der Waals surface area contributed by atoms with Gasteiger partial charge in [-0.15, -0.1) is 0 Å². The van der Waals surface area contributed by atoms with Crippen LogP contribution in [0.25, 0.3) is 0 Å². The molecule has 0 amide bonds. The third kappa shape index (κ3) is 5.94. The summed E-state index contributed by atoms with van der Waals surface area (Å²) in [5, 5.41) is 8.90. The Morgan fingerprint density at radius 2 is 2.10 bits per heavy atom. The van der Waals surface area contributed by atoms with E-state index in [1.807, 2.05) is 25.1 Å². The van der Waals surface area contributed by atoms with Crippen LogP contribution in [0.1, 0.15) is 23.1 Å². The largest absolute Gasteiger partial charge is 0.469 e. The molecule has 0 saturated heterocycles. The lowest BCUT2D eigenvalue weighted by Crippen LogP contribution is -2.30. The van der Waals surface area contributed by atoms with E-state index in [0.29, 0.717) is 25.1 Å². The summed E-state index contributed by atoms with van der Waals surface area (Å²) in [4.78, 5) is 13.4. The van der Waals surface area contributed by atoms with Crippen LogP contribution in [-0.2, 0) is 20.8 Å². The number of nitrogens with zero attached hydrogens (tertiary/aromatic N) is 2. The van der Waals surface area contributed by atoms with Gasteiger partial charge in [0.1, 0.15) is 0 Å². The average Bonchev–Trinajstić information content (AvgIpc) is 2.50. The van der Waals surface area contributed by atoms with Crippen LogP contribution in [0.3, 0.4) is 0 Å². The van der Waals surface area contributed by atoms with Gasteiger partial charge in [0.15, 0.2) is 0 Å². The van der Waals surface area contributed by atoms with Crippen molar-refractivity contribution in [1.82, 2.24) is 4.90 Å². The predicted molar refractivity (Wildman–Crippen MR) is 79.7 cm³/mol. The third-order valence-corrected chi connectivity index (χ3v) is 3.34. The number of aryl methyl sites for hydroxylation is 1. The van der Waals surface area contributed by atoms with E-state index in [4.69, 9.17) is 10.00 Å². The summed E-state index contributed by atoms with van der Waals surface area (Å²) >= 11 is 0. The first-order valence-electron chi connectivity index (χ1n) is 6.88. The maximum atomic E-state index is 11.3. The summed E-state index contributed by atoms with van der Waals surface area (Å²) in [6.07, 6.45) is 0.357. The molecule has 0 aliphatic rings. The van der Waals surface area contributed by atoms with E-state index in [0.717, 1.165) is 24.2 Å². The molecule has 0 spiro atoms. The van der Waals surface area contributed by atoms with Crippen molar-refractivity contribution in [2.24, 2.45) is 0 Å². The lowest BCUT2D eigenvalue weighted by atomic mass is 10.1. The highest BCUT2D eigenvalue weighted by atomic mass is 16.5. The second-order valence-corrected chi connectivity index (χ2v) is 4.85. The Kier molecular flexibility index (Phi) is 7.44. The van der Waals surface area contributed by atoms with Crippen molar-refractivity contribution in [3.8, 4) is 6.07 Å². The molecule has 1 aromatic rings. The van der Waals surface area contributed by atoms with Gasteiger partial charge in [-0.25, -0.2) is 0 Å². The number of hydrogen-bond donors (Lipinski definition) is 0. The summed E-state index contributed by atoms with van der Waals surface area (Å²) < 4.78 is 9.79. The van der Waals surface area contributed by atoms with E-state index in [1.54, 1.807) is 7.11 Å². The Labute approximate surface area is 126 Å². The molecule has 0 atom stereocenters. The summed E-state index contributed by atoms with van der Waals surface area (Å²) in [7, 11) is 3.05. The van der Waals surface area contributed by atoms with Crippen LogP contribution in [0, 0.1) is 18.3 Å². The molecule has 0 bridgehead atoms. The highest BCUT2D eigenvalue weighted by Crippen LogP contribution is 2.13. The zero-order valence-corrected chi connectivity index (χ0v) is 12.9. The standard InChI is InChI=1S/C16H22N2O3/c1-13-10-14(11-17)4-5-15(13)12-18(8-9-20-2)7-6-16(19)21-3/h4-5,10H,6-9,12H2,1-3H3. The first kappa shape index (κ1) is 17.2. The van der Waals surface area contributed by atoms with Crippen LogP contribution < -0.4 is 0 Å². The van der Waals surface area contributed by atoms with E-state index in [1.165, 1.54) is 7.11 Å². The maximum Gasteiger partial charge on any atom is 0.306 e. The first-order valence-corrected chi connectivity index (χ1v) is 6.88. The molecule has 0 aliphatic carbocycles. The fourth-order valence-corrected chi connectivity index (χ4v) is 2.03. The molecule has 0 saturated carbocycles. The molecule has 5 heteroatoms. The molecule has 0 aromatic heterocycles. The van der Waals surface area contributed by atoms with Crippen molar-refractivity contribution in [1.29, 1.82) is 5.26 Å². The van der Waals surface area contributed by atoms with E-state index in [2.05, 4.69) is 15.7 Å². The van der Waals surface area contributed by atoms with Crippen LogP contribution >= 0.6 is 0 Å². The fourth-order valence-electron chi connectivity index (χ4n) is 2.03. The molecule has 0 fully saturated rings. The zero-order valence-electron chi connectivity index (χ0n) is 12.9. The van der Waals surface area contributed by atoms with Crippen LogP contribution in [-0.4, -0.2) is 44.8 Å². The molecule has 1 aromatic carbocycles. The Bertz CT molecular complexity index is 509. The minimum absolute atomic E-state index is 0.214. The third-order valence-electron chi connectivity index (χ3n) is 3.34. The second-order valence-electron chi connectivity index (χ2n) is 4.85. The Morgan fingerprint density at radius 1 is 1.33 bits per heavy atom. The second kappa shape index (κ2) is 9.11. The lowest BCUT2D eigenvalue weighted by molar-refractivity contribution is -0.141. The number of carbonyl (C=O) groups excluding carboxylic acids is 1. The van der Waals surface area contributed by atoms with Gasteiger partial charge in [0.05, 0.1) is 31.8 Å². The zero-order chi connectivity index (χ0) is 15.7. The molecule has 0 aliphatic heterocycles. The molecule has 1 rings (SSSR count). The van der Waals surface area contributed by atoms with Crippen molar-refractivity contribution in [3.63, 3.8) is 0 Å². The van der Waals surface area contributed by atoms with Crippen LogP contribution in [0.2, 0.25) is 0 Å². The SMILES string of the molecule is COCCN(CCC(=O)OC)Cc1ccc(C#N)cc1C. The fraction of sp³-hybridized carbons (Fsp3) is 0.500. The molecule has 0 N–H and O–H groups in total. The average molecular weight is 290 g/mol. The molecule has 0 radical (unpaired) electrons. The van der Waals surface area contributed by atoms with Crippen LogP contribution in [0.5, 0.6) is 0 Å². The van der Waals surface area contributed by atoms with Crippen molar-refractivity contribution in [3.05, 3.63) is 34.9 Å². The van der Waals surface area contributed by atoms with Gasteiger partial charge in [-0.1, -0.05) is 6.07 Å². The Balaban J connectivity index is 2.71. The molecule has 114 valence electrons. The number of ether oxygens (including phenoxy) is 2. The number of benzene rings is 1. The molecular weight excluding hydrogens is 268 g/mol. The van der Waals surface area contributed by atoms with E-state index >= 15 is 0 Å². The van der Waals surface area contributed by atoms with E-state index in [9.17, 15) is 4.79 Å². The summed E-state index contributed by atoms with van der Waals surface area (Å²) in [6.45, 7) is 4.68. The number of rotatable bonds is 8. The quantitative estimate of drug-likeness (QED) is 0.684. The van der Waals surface area contributed by atoms with Gasteiger partial charge in [0.25, 0.3) is 0 Å². The maximum absolute atomic E-state index is 11.3. The van der Waals surface area contributed by atoms with Gasteiger partial charge >= 0.3 is 5.97 Å². The van der Waals surface area contributed by atoms with Crippen LogP contribution in [0.15, 0.2) is 18.2 Å². The van der Waals surface area contributed by atoms with Gasteiger partial charge in [0.2, 0.25) is 0 Å². The minimum atomic E-state index is -0.214. The molecule has 0 unspecified atom stereocenters. The van der Waals surface area contributed by atoms with Crippen molar-refractivity contribution < 1.29 is 14.3 Å². The smallest absolute Gasteiger partial charge is 0.306 e. The molecule has 21 heavy (non-hydrogen) atoms. The number of esters is 1. The number of carbonyl (C=O) groups is 1. The Hall–Kier alpha value is -1.90. The van der Waals surface area contributed by atoms with Gasteiger partial charge in [0, 0.05) is 26.7 Å². The van der Waals surface area contributed by atoms with Gasteiger partial charge in [-0.05, 0) is 30.2 Å². The monoisotopic (exact) mass is 290 g/mol. The summed E-state index contributed by atoms with van der Waals surface area (Å²) in [5.41, 5.74) is 2.89. The van der Waals surface area contributed by atoms with Gasteiger partial charge in [-0.3, -0.25) is 9.69 Å². The van der Waals surface area contributed by atoms with E-state index in [-0.39, 0.29) is 5.97 Å². The first-order chi connectivity index (χ1) is 10.1. The number of methoxy groups -OCH3 is 2. The highest BCUT2D eigenvalue weighted by Gasteiger charge is 2.11.